The molecule has 3 aromatic carbocycles. The Morgan fingerprint density at radius 3 is 2.45 bits per heavy atom. The number of benzene rings is 3. The van der Waals surface area contributed by atoms with Gasteiger partial charge in [-0.3, -0.25) is 25.0 Å². The minimum absolute atomic E-state index is 0.0235. The first-order valence-electron chi connectivity index (χ1n) is 11.5. The van der Waals surface area contributed by atoms with Crippen molar-refractivity contribution in [3.05, 3.63) is 97.5 Å². The Balaban J connectivity index is 1.62. The van der Waals surface area contributed by atoms with Crippen molar-refractivity contribution in [3.8, 4) is 11.5 Å². The molecule has 1 saturated heterocycles. The van der Waals surface area contributed by atoms with Crippen molar-refractivity contribution in [1.29, 1.82) is 0 Å². The number of urea groups is 1. The average Bonchev–Trinajstić information content (AvgIpc) is 2.90. The van der Waals surface area contributed by atoms with E-state index >= 15 is 0 Å². The van der Waals surface area contributed by atoms with E-state index in [-0.39, 0.29) is 17.9 Å². The van der Waals surface area contributed by atoms with Crippen LogP contribution in [0, 0.1) is 10.1 Å². The number of halogens is 1. The normalized spacial score (nSPS) is 14.4. The van der Waals surface area contributed by atoms with Gasteiger partial charge in [0.15, 0.2) is 11.5 Å². The van der Waals surface area contributed by atoms with Gasteiger partial charge >= 0.3 is 6.03 Å². The lowest BCUT2D eigenvalue weighted by atomic mass is 10.0. The highest BCUT2D eigenvalue weighted by atomic mass is 79.9. The number of hydrogen-bond acceptors (Lipinski definition) is 7. The Bertz CT molecular complexity index is 1470. The number of nitrogens with zero attached hydrogens (tertiary/aromatic N) is 2. The third kappa shape index (κ3) is 5.42. The summed E-state index contributed by atoms with van der Waals surface area (Å²) in [5.41, 5.74) is 2.10. The van der Waals surface area contributed by atoms with Crippen molar-refractivity contribution in [2.75, 3.05) is 12.0 Å². The molecule has 4 amide bonds. The summed E-state index contributed by atoms with van der Waals surface area (Å²) in [5, 5.41) is 13.1. The maximum absolute atomic E-state index is 13.3. The number of rotatable bonds is 8. The lowest BCUT2D eigenvalue weighted by Gasteiger charge is -2.28. The highest BCUT2D eigenvalue weighted by Crippen LogP contribution is 2.38. The van der Waals surface area contributed by atoms with Crippen LogP contribution in [-0.2, 0) is 22.6 Å². The van der Waals surface area contributed by atoms with E-state index < -0.39 is 22.8 Å². The molecule has 0 aromatic heterocycles. The molecule has 0 saturated carbocycles. The molecule has 10 nitrogen and oxygen atoms in total. The van der Waals surface area contributed by atoms with E-state index in [2.05, 4.69) is 21.2 Å². The lowest BCUT2D eigenvalue weighted by molar-refractivity contribution is -0.384. The minimum Gasteiger partial charge on any atom is -0.493 e. The van der Waals surface area contributed by atoms with Gasteiger partial charge in [-0.15, -0.1) is 0 Å². The highest BCUT2D eigenvalue weighted by Gasteiger charge is 2.37. The van der Waals surface area contributed by atoms with Crippen LogP contribution in [0.5, 0.6) is 11.5 Å². The molecule has 1 fully saturated rings. The van der Waals surface area contributed by atoms with Gasteiger partial charge in [0.25, 0.3) is 17.5 Å². The van der Waals surface area contributed by atoms with E-state index in [1.54, 1.807) is 36.4 Å². The molecule has 11 heteroatoms. The molecule has 0 spiro atoms. The van der Waals surface area contributed by atoms with Gasteiger partial charge in [0.2, 0.25) is 0 Å². The van der Waals surface area contributed by atoms with Crippen LogP contribution < -0.4 is 19.7 Å². The van der Waals surface area contributed by atoms with Crippen LogP contribution in [0.15, 0.2) is 70.7 Å². The molecule has 0 unspecified atom stereocenters. The van der Waals surface area contributed by atoms with Crippen molar-refractivity contribution >= 4 is 51.2 Å². The van der Waals surface area contributed by atoms with Gasteiger partial charge in [-0.25, -0.2) is 9.69 Å². The van der Waals surface area contributed by atoms with Gasteiger partial charge < -0.3 is 9.47 Å². The average molecular weight is 580 g/mol. The summed E-state index contributed by atoms with van der Waals surface area (Å²) in [7, 11) is 1.44. The number of carbonyl (C=O) groups is 3. The number of amides is 4. The van der Waals surface area contributed by atoms with E-state index in [0.29, 0.717) is 39.2 Å². The Labute approximate surface area is 226 Å². The van der Waals surface area contributed by atoms with E-state index in [4.69, 9.17) is 9.47 Å². The second-order valence-corrected chi connectivity index (χ2v) is 9.04. The van der Waals surface area contributed by atoms with Crippen LogP contribution >= 0.6 is 15.9 Å². The fourth-order valence-electron chi connectivity index (χ4n) is 3.90. The topological polar surface area (TPSA) is 128 Å². The number of nitro groups is 1. The molecular weight excluding hydrogens is 558 g/mol. The van der Waals surface area contributed by atoms with E-state index in [1.807, 2.05) is 19.1 Å². The van der Waals surface area contributed by atoms with Gasteiger partial charge in [0, 0.05) is 12.1 Å². The molecule has 1 heterocycles. The van der Waals surface area contributed by atoms with Gasteiger partial charge in [-0.1, -0.05) is 25.1 Å². The second-order valence-electron chi connectivity index (χ2n) is 8.19. The molecule has 0 radical (unpaired) electrons. The Morgan fingerprint density at radius 2 is 1.79 bits per heavy atom. The standard InChI is InChI=1S/C27H22BrN3O7/c1-3-18-6-4-5-7-22(18)30-26(33)20(25(32)29-27(30)34)12-17-13-21(28)24(23(14-17)37-2)38-15-16-8-10-19(11-9-16)31(35)36/h4-14H,3,15H2,1-2H3,(H,29,32,34)/b20-12-. The van der Waals surface area contributed by atoms with Crippen LogP contribution in [0.3, 0.4) is 0 Å². The number of methoxy groups -OCH3 is 1. The quantitative estimate of drug-likeness (QED) is 0.168. The summed E-state index contributed by atoms with van der Waals surface area (Å²) >= 11 is 3.44. The molecule has 0 aliphatic carbocycles. The Kier molecular flexibility index (Phi) is 7.87. The second kappa shape index (κ2) is 11.3. The number of barbiturate groups is 1. The smallest absolute Gasteiger partial charge is 0.335 e. The Morgan fingerprint density at radius 1 is 1.08 bits per heavy atom. The SMILES string of the molecule is CCc1ccccc1N1C(=O)NC(=O)/C(=C/c2cc(Br)c(OCc3ccc([N+](=O)[O-])cc3)c(OC)c2)C1=O. The summed E-state index contributed by atoms with van der Waals surface area (Å²) in [6.07, 6.45) is 1.96. The first-order valence-corrected chi connectivity index (χ1v) is 12.3. The van der Waals surface area contributed by atoms with E-state index in [9.17, 15) is 24.5 Å². The molecule has 0 bridgehead atoms. The molecule has 1 aliphatic heterocycles. The largest absolute Gasteiger partial charge is 0.493 e. The summed E-state index contributed by atoms with van der Waals surface area (Å²) in [6.45, 7) is 2.02. The van der Waals surface area contributed by atoms with Crippen molar-refractivity contribution in [2.45, 2.75) is 20.0 Å². The van der Waals surface area contributed by atoms with Gasteiger partial charge in [-0.2, -0.15) is 0 Å². The predicted octanol–water partition coefficient (Wildman–Crippen LogP) is 5.17. The zero-order valence-electron chi connectivity index (χ0n) is 20.4. The monoisotopic (exact) mass is 579 g/mol. The Hall–Kier alpha value is -4.51. The number of anilines is 1. The summed E-state index contributed by atoms with van der Waals surface area (Å²) in [6, 6.07) is 15.4. The van der Waals surface area contributed by atoms with Crippen LogP contribution in [0.25, 0.3) is 6.08 Å². The molecule has 1 N–H and O–H groups in total. The van der Waals surface area contributed by atoms with E-state index in [1.165, 1.54) is 25.3 Å². The van der Waals surface area contributed by atoms with Crippen molar-refractivity contribution in [3.63, 3.8) is 0 Å². The fourth-order valence-corrected chi connectivity index (χ4v) is 4.48. The first kappa shape index (κ1) is 26.6. The number of carbonyl (C=O) groups excluding carboxylic acids is 3. The predicted molar refractivity (Wildman–Crippen MR) is 143 cm³/mol. The van der Waals surface area contributed by atoms with Gasteiger partial charge in [0.1, 0.15) is 12.2 Å². The fraction of sp³-hybridized carbons (Fsp3) is 0.148. The molecule has 38 heavy (non-hydrogen) atoms. The number of imide groups is 2. The summed E-state index contributed by atoms with van der Waals surface area (Å²) < 4.78 is 11.8. The van der Waals surface area contributed by atoms with Gasteiger partial charge in [-0.05, 0) is 75.4 Å². The number of nitro benzene ring substituents is 1. The zero-order chi connectivity index (χ0) is 27.4. The lowest BCUT2D eigenvalue weighted by Crippen LogP contribution is -2.54. The van der Waals surface area contributed by atoms with Crippen LogP contribution in [0.1, 0.15) is 23.6 Å². The zero-order valence-corrected chi connectivity index (χ0v) is 22.0. The molecule has 1 aliphatic rings. The highest BCUT2D eigenvalue weighted by molar-refractivity contribution is 9.10. The van der Waals surface area contributed by atoms with Crippen LogP contribution in [-0.4, -0.2) is 29.9 Å². The summed E-state index contributed by atoms with van der Waals surface area (Å²) in [5.74, 6) is -0.866. The van der Waals surface area contributed by atoms with E-state index in [0.717, 1.165) is 10.5 Å². The number of non-ortho nitro benzene ring substituents is 1. The number of nitrogens with one attached hydrogen (secondary N) is 1. The number of hydrogen-bond donors (Lipinski definition) is 1. The third-order valence-electron chi connectivity index (χ3n) is 5.81. The molecule has 4 rings (SSSR count). The molecule has 0 atom stereocenters. The maximum Gasteiger partial charge on any atom is 0.335 e. The maximum atomic E-state index is 13.3. The number of para-hydroxylation sites is 1. The third-order valence-corrected chi connectivity index (χ3v) is 6.40. The van der Waals surface area contributed by atoms with Crippen molar-refractivity contribution in [1.82, 2.24) is 5.32 Å². The molecular formula is C27H22BrN3O7. The minimum atomic E-state index is -0.813. The van der Waals surface area contributed by atoms with Crippen molar-refractivity contribution in [2.24, 2.45) is 0 Å². The van der Waals surface area contributed by atoms with Gasteiger partial charge in [0.05, 0.1) is 22.2 Å². The summed E-state index contributed by atoms with van der Waals surface area (Å²) in [4.78, 5) is 49.9. The van der Waals surface area contributed by atoms with Crippen LogP contribution in [0.2, 0.25) is 0 Å². The molecule has 194 valence electrons. The number of ether oxygens (including phenoxy) is 2. The number of aryl methyl sites for hydroxylation is 1. The molecule has 3 aromatic rings. The van der Waals surface area contributed by atoms with Crippen molar-refractivity contribution < 1.29 is 28.8 Å². The first-order chi connectivity index (χ1) is 18.2. The van der Waals surface area contributed by atoms with Crippen LogP contribution in [0.4, 0.5) is 16.2 Å².